The fourth-order valence-corrected chi connectivity index (χ4v) is 5.90. The summed E-state index contributed by atoms with van der Waals surface area (Å²) < 4.78 is 40.0. The number of ether oxygens (including phenoxy) is 2. The van der Waals surface area contributed by atoms with E-state index < -0.39 is 29.9 Å². The minimum atomic E-state index is -1.30. The number of fused-ring (bicyclic) bond motifs is 1. The predicted molar refractivity (Wildman–Crippen MR) is 161 cm³/mol. The van der Waals surface area contributed by atoms with Crippen molar-refractivity contribution in [3.05, 3.63) is 94.8 Å². The molecular weight excluding hydrogens is 554 g/mol. The fraction of sp³-hybridized carbons (Fsp3) is 0.294. The highest BCUT2D eigenvalue weighted by Crippen LogP contribution is 2.44. The molecule has 9 heteroatoms. The first-order chi connectivity index (χ1) is 20.7. The third kappa shape index (κ3) is 6.17. The van der Waals surface area contributed by atoms with E-state index in [0.29, 0.717) is 48.7 Å². The number of aryl methyl sites for hydroxylation is 1. The predicted octanol–water partition coefficient (Wildman–Crippen LogP) is 5.94. The normalized spacial score (nSPS) is 15.8. The van der Waals surface area contributed by atoms with Crippen molar-refractivity contribution in [2.75, 3.05) is 27.3 Å². The molecule has 7 nitrogen and oxygen atoms in total. The van der Waals surface area contributed by atoms with E-state index in [9.17, 15) is 23.5 Å². The summed E-state index contributed by atoms with van der Waals surface area (Å²) in [6, 6.07) is 18.1. The number of rotatable bonds is 10. The molecule has 4 aromatic carbocycles. The average molecular weight is 589 g/mol. The SMILES string of the molecule is COc1ccc(CN2CCC(F)C2)c(OC)c1-c1cccc2c(C[C@H](NC(=O)c3c(C)cccc3F)C(=O)O)cccc12. The van der Waals surface area contributed by atoms with Crippen LogP contribution in [0.5, 0.6) is 11.5 Å². The van der Waals surface area contributed by atoms with E-state index >= 15 is 0 Å². The molecule has 1 aliphatic heterocycles. The Bertz CT molecular complexity index is 1650. The molecule has 1 fully saturated rings. The number of benzene rings is 4. The summed E-state index contributed by atoms with van der Waals surface area (Å²) in [7, 11) is 3.18. The maximum absolute atomic E-state index is 14.4. The summed E-state index contributed by atoms with van der Waals surface area (Å²) in [5, 5.41) is 14.1. The molecule has 43 heavy (non-hydrogen) atoms. The van der Waals surface area contributed by atoms with Crippen LogP contribution in [-0.4, -0.2) is 61.4 Å². The van der Waals surface area contributed by atoms with Gasteiger partial charge in [0.2, 0.25) is 0 Å². The molecule has 0 radical (unpaired) electrons. The van der Waals surface area contributed by atoms with Crippen molar-refractivity contribution in [1.82, 2.24) is 10.2 Å². The van der Waals surface area contributed by atoms with Crippen LogP contribution >= 0.6 is 0 Å². The number of likely N-dealkylation sites (tertiary alicyclic amines) is 1. The Kier molecular flexibility index (Phi) is 8.92. The highest BCUT2D eigenvalue weighted by molar-refractivity contribution is 6.02. The Morgan fingerprint density at radius 1 is 1.00 bits per heavy atom. The molecule has 0 saturated carbocycles. The van der Waals surface area contributed by atoms with Crippen molar-refractivity contribution >= 4 is 22.6 Å². The van der Waals surface area contributed by atoms with Crippen molar-refractivity contribution in [1.29, 1.82) is 0 Å². The number of alkyl halides is 1. The highest BCUT2D eigenvalue weighted by Gasteiger charge is 2.27. The van der Waals surface area contributed by atoms with Gasteiger partial charge >= 0.3 is 5.97 Å². The summed E-state index contributed by atoms with van der Waals surface area (Å²) in [5.74, 6) is -1.51. The minimum Gasteiger partial charge on any atom is -0.496 e. The lowest BCUT2D eigenvalue weighted by Gasteiger charge is -2.22. The summed E-state index contributed by atoms with van der Waals surface area (Å²) in [6.45, 7) is 3.17. The van der Waals surface area contributed by atoms with Gasteiger partial charge in [0.15, 0.2) is 0 Å². The molecule has 2 N–H and O–H groups in total. The Hall–Kier alpha value is -4.50. The van der Waals surface area contributed by atoms with Gasteiger partial charge in [0.25, 0.3) is 5.91 Å². The molecule has 1 amide bonds. The lowest BCUT2D eigenvalue weighted by atomic mass is 9.91. The number of carboxylic acid groups (broad SMARTS) is 1. The molecule has 5 rings (SSSR count). The van der Waals surface area contributed by atoms with E-state index in [4.69, 9.17) is 9.47 Å². The van der Waals surface area contributed by atoms with Crippen molar-refractivity contribution in [3.63, 3.8) is 0 Å². The largest absolute Gasteiger partial charge is 0.496 e. The van der Waals surface area contributed by atoms with Crippen LogP contribution in [0, 0.1) is 12.7 Å². The molecule has 0 aliphatic carbocycles. The van der Waals surface area contributed by atoms with Crippen molar-refractivity contribution < 1.29 is 33.0 Å². The van der Waals surface area contributed by atoms with E-state index in [1.165, 1.54) is 12.1 Å². The van der Waals surface area contributed by atoms with E-state index in [1.54, 1.807) is 27.2 Å². The second kappa shape index (κ2) is 12.8. The molecule has 2 atom stereocenters. The molecule has 0 aromatic heterocycles. The van der Waals surface area contributed by atoms with Crippen LogP contribution in [0.4, 0.5) is 8.78 Å². The zero-order valence-electron chi connectivity index (χ0n) is 24.3. The van der Waals surface area contributed by atoms with Crippen molar-refractivity contribution in [3.8, 4) is 22.6 Å². The number of hydrogen-bond acceptors (Lipinski definition) is 5. The number of aliphatic carboxylic acids is 1. The van der Waals surface area contributed by atoms with Gasteiger partial charge in [-0.05, 0) is 52.9 Å². The number of carboxylic acids is 1. The van der Waals surface area contributed by atoms with Crippen LogP contribution in [0.3, 0.4) is 0 Å². The number of nitrogens with zero attached hydrogens (tertiary/aromatic N) is 1. The van der Waals surface area contributed by atoms with E-state index in [1.807, 2.05) is 48.5 Å². The molecule has 1 heterocycles. The first-order valence-electron chi connectivity index (χ1n) is 14.1. The first kappa shape index (κ1) is 30.0. The summed E-state index contributed by atoms with van der Waals surface area (Å²) in [5.41, 5.74) is 3.38. The van der Waals surface area contributed by atoms with Crippen LogP contribution in [0.1, 0.15) is 33.5 Å². The van der Waals surface area contributed by atoms with Gasteiger partial charge in [-0.15, -0.1) is 0 Å². The number of carbonyl (C=O) groups excluding carboxylic acids is 1. The van der Waals surface area contributed by atoms with Gasteiger partial charge in [-0.25, -0.2) is 13.6 Å². The van der Waals surface area contributed by atoms with Crippen molar-refractivity contribution in [2.45, 2.75) is 38.5 Å². The molecule has 224 valence electrons. The lowest BCUT2D eigenvalue weighted by molar-refractivity contribution is -0.139. The quantitative estimate of drug-likeness (QED) is 0.238. The molecule has 4 aromatic rings. The Labute approximate surface area is 249 Å². The summed E-state index contributed by atoms with van der Waals surface area (Å²) in [4.78, 5) is 27.3. The van der Waals surface area contributed by atoms with Gasteiger partial charge in [0, 0.05) is 31.6 Å². The lowest BCUT2D eigenvalue weighted by Crippen LogP contribution is -2.42. The van der Waals surface area contributed by atoms with Gasteiger partial charge in [-0.1, -0.05) is 54.6 Å². The topological polar surface area (TPSA) is 88.1 Å². The minimum absolute atomic E-state index is 0.0248. The van der Waals surface area contributed by atoms with Crippen LogP contribution in [-0.2, 0) is 17.8 Å². The van der Waals surface area contributed by atoms with Crippen LogP contribution in [0.15, 0.2) is 66.7 Å². The zero-order valence-corrected chi connectivity index (χ0v) is 24.3. The van der Waals surface area contributed by atoms with E-state index in [0.717, 1.165) is 27.5 Å². The standard InChI is InChI=1S/C34H34F2N2O5/c1-20-7-4-12-27(36)30(20)33(39)37-28(34(40)41)17-21-8-5-10-25-24(21)9-6-11-26(25)31-29(42-2)14-13-22(32(31)43-3)18-38-16-15-23(35)19-38/h4-14,23,28H,15-19H2,1-3H3,(H,37,39)(H,40,41)/t23?,28-/m0/s1. The molecule has 0 spiro atoms. The Morgan fingerprint density at radius 3 is 2.42 bits per heavy atom. The molecule has 0 bridgehead atoms. The Balaban J connectivity index is 1.53. The number of carbonyl (C=O) groups is 2. The third-order valence-electron chi connectivity index (χ3n) is 7.99. The van der Waals surface area contributed by atoms with Crippen LogP contribution < -0.4 is 14.8 Å². The van der Waals surface area contributed by atoms with Crippen LogP contribution in [0.2, 0.25) is 0 Å². The van der Waals surface area contributed by atoms with Crippen LogP contribution in [0.25, 0.3) is 21.9 Å². The molecule has 1 aliphatic rings. The fourth-order valence-electron chi connectivity index (χ4n) is 5.90. The molecule has 1 saturated heterocycles. The maximum Gasteiger partial charge on any atom is 0.326 e. The van der Waals surface area contributed by atoms with Crippen molar-refractivity contribution in [2.24, 2.45) is 0 Å². The maximum atomic E-state index is 14.4. The number of hydrogen-bond donors (Lipinski definition) is 2. The van der Waals surface area contributed by atoms with E-state index in [2.05, 4.69) is 10.2 Å². The monoisotopic (exact) mass is 588 g/mol. The Morgan fingerprint density at radius 2 is 1.74 bits per heavy atom. The van der Waals surface area contributed by atoms with Gasteiger partial charge in [0.05, 0.1) is 25.3 Å². The van der Waals surface area contributed by atoms with Gasteiger partial charge in [-0.3, -0.25) is 9.69 Å². The molecule has 1 unspecified atom stereocenters. The van der Waals surface area contributed by atoms with Gasteiger partial charge < -0.3 is 19.9 Å². The first-order valence-corrected chi connectivity index (χ1v) is 14.1. The number of amides is 1. The summed E-state index contributed by atoms with van der Waals surface area (Å²) in [6.07, 6.45) is -0.353. The molecular formula is C34H34F2N2O5. The summed E-state index contributed by atoms with van der Waals surface area (Å²) >= 11 is 0. The van der Waals surface area contributed by atoms with E-state index in [-0.39, 0.29) is 12.0 Å². The number of nitrogens with one attached hydrogen (secondary N) is 1. The van der Waals surface area contributed by atoms with Gasteiger partial charge in [-0.2, -0.15) is 0 Å². The number of halogens is 2. The average Bonchev–Trinajstić information content (AvgIpc) is 3.40. The highest BCUT2D eigenvalue weighted by atomic mass is 19.1. The third-order valence-corrected chi connectivity index (χ3v) is 7.99. The second-order valence-electron chi connectivity index (χ2n) is 10.8. The zero-order chi connectivity index (χ0) is 30.7. The van der Waals surface area contributed by atoms with Gasteiger partial charge in [0.1, 0.15) is 29.5 Å². The number of methoxy groups -OCH3 is 2. The second-order valence-corrected chi connectivity index (χ2v) is 10.8. The smallest absolute Gasteiger partial charge is 0.326 e.